The third kappa shape index (κ3) is 4.60. The Morgan fingerprint density at radius 3 is 2.69 bits per heavy atom. The number of hydroxylamine groups is 1. The first kappa shape index (κ1) is 12.9. The Hall–Kier alpha value is -1.12. The maximum atomic E-state index is 11.7. The van der Waals surface area contributed by atoms with Crippen LogP contribution < -0.4 is 5.48 Å². The number of carbonyl (C=O) groups is 1. The van der Waals surface area contributed by atoms with E-state index < -0.39 is 18.8 Å². The van der Waals surface area contributed by atoms with Crippen molar-refractivity contribution < 1.29 is 27.9 Å². The van der Waals surface area contributed by atoms with Gasteiger partial charge in [-0.25, -0.2) is 4.79 Å². The molecule has 0 saturated carbocycles. The number of alkyl halides is 3. The molecule has 1 aromatic heterocycles. The van der Waals surface area contributed by atoms with Crippen LogP contribution in [0.15, 0.2) is 12.1 Å². The van der Waals surface area contributed by atoms with Gasteiger partial charge in [-0.1, -0.05) is 0 Å². The van der Waals surface area contributed by atoms with Crippen LogP contribution in [-0.4, -0.2) is 23.9 Å². The molecule has 0 aliphatic heterocycles. The molecule has 8 heteroatoms. The molecule has 0 bridgehead atoms. The minimum Gasteiger partial charge on any atom is -0.477 e. The molecule has 0 spiro atoms. The van der Waals surface area contributed by atoms with E-state index in [1.54, 1.807) is 0 Å². The van der Waals surface area contributed by atoms with E-state index >= 15 is 0 Å². The highest BCUT2D eigenvalue weighted by atomic mass is 32.1. The highest BCUT2D eigenvalue weighted by molar-refractivity contribution is 7.13. The average molecular weight is 255 g/mol. The number of carboxylic acid groups (broad SMARTS) is 1. The summed E-state index contributed by atoms with van der Waals surface area (Å²) < 4.78 is 35.0. The summed E-state index contributed by atoms with van der Waals surface area (Å²) in [5, 5.41) is 8.59. The molecular formula is C8H8F3NO3S. The minimum atomic E-state index is -4.38. The predicted molar refractivity (Wildman–Crippen MR) is 50.1 cm³/mol. The minimum absolute atomic E-state index is 0.0357. The fraction of sp³-hybridized carbons (Fsp3) is 0.375. The summed E-state index contributed by atoms with van der Waals surface area (Å²) in [6, 6.07) is 2.89. The van der Waals surface area contributed by atoms with Gasteiger partial charge in [-0.15, -0.1) is 11.3 Å². The molecule has 0 radical (unpaired) electrons. The lowest BCUT2D eigenvalue weighted by Gasteiger charge is -2.07. The van der Waals surface area contributed by atoms with Gasteiger partial charge in [0.2, 0.25) is 0 Å². The Morgan fingerprint density at radius 2 is 2.19 bits per heavy atom. The molecule has 1 heterocycles. The van der Waals surface area contributed by atoms with Crippen molar-refractivity contribution in [2.24, 2.45) is 0 Å². The second kappa shape index (κ2) is 5.28. The number of thiophene rings is 1. The second-order valence-electron chi connectivity index (χ2n) is 2.80. The fourth-order valence-electron chi connectivity index (χ4n) is 0.843. The van der Waals surface area contributed by atoms with Crippen molar-refractivity contribution in [1.82, 2.24) is 5.48 Å². The summed E-state index contributed by atoms with van der Waals surface area (Å²) in [5.41, 5.74) is 2.11. The maximum Gasteiger partial charge on any atom is 0.413 e. The van der Waals surface area contributed by atoms with Crippen LogP contribution >= 0.6 is 11.3 Å². The van der Waals surface area contributed by atoms with E-state index in [2.05, 4.69) is 10.3 Å². The van der Waals surface area contributed by atoms with Crippen molar-refractivity contribution in [3.63, 3.8) is 0 Å². The van der Waals surface area contributed by atoms with Crippen LogP contribution in [0.4, 0.5) is 13.2 Å². The summed E-state index contributed by atoms with van der Waals surface area (Å²) in [7, 11) is 0. The van der Waals surface area contributed by atoms with Gasteiger partial charge in [0.15, 0.2) is 6.61 Å². The van der Waals surface area contributed by atoms with E-state index in [-0.39, 0.29) is 11.4 Å². The van der Waals surface area contributed by atoms with Crippen molar-refractivity contribution in [2.45, 2.75) is 12.7 Å². The lowest BCUT2D eigenvalue weighted by molar-refractivity contribution is -0.190. The molecule has 0 aliphatic rings. The monoisotopic (exact) mass is 255 g/mol. The molecule has 4 nitrogen and oxygen atoms in total. The Bertz CT molecular complexity index is 364. The second-order valence-corrected chi connectivity index (χ2v) is 3.96. The first-order chi connectivity index (χ1) is 7.38. The van der Waals surface area contributed by atoms with Crippen molar-refractivity contribution >= 4 is 17.3 Å². The third-order valence-electron chi connectivity index (χ3n) is 1.46. The van der Waals surface area contributed by atoms with Gasteiger partial charge in [0.25, 0.3) is 0 Å². The normalized spacial score (nSPS) is 11.7. The Labute approximate surface area is 92.6 Å². The van der Waals surface area contributed by atoms with Gasteiger partial charge < -0.3 is 5.11 Å². The molecule has 0 saturated heterocycles. The summed E-state index contributed by atoms with van der Waals surface area (Å²) in [4.78, 5) is 15.4. The maximum absolute atomic E-state index is 11.7. The van der Waals surface area contributed by atoms with E-state index in [1.165, 1.54) is 12.1 Å². The standard InChI is InChI=1S/C8H8F3NO3S/c9-8(10,11)4-15-12-3-5-1-2-6(16-5)7(13)14/h1-2,12H,3-4H2,(H,13,14). The van der Waals surface area contributed by atoms with Gasteiger partial charge in [0, 0.05) is 4.88 Å². The smallest absolute Gasteiger partial charge is 0.413 e. The molecule has 1 rings (SSSR count). The zero-order valence-electron chi connectivity index (χ0n) is 7.87. The largest absolute Gasteiger partial charge is 0.477 e. The quantitative estimate of drug-likeness (QED) is 0.624. The molecule has 16 heavy (non-hydrogen) atoms. The highest BCUT2D eigenvalue weighted by Crippen LogP contribution is 2.17. The third-order valence-corrected chi connectivity index (χ3v) is 2.53. The molecule has 90 valence electrons. The molecule has 0 aromatic carbocycles. The SMILES string of the molecule is O=C(O)c1ccc(CNOCC(F)(F)F)s1. The first-order valence-corrected chi connectivity index (χ1v) is 4.93. The van der Waals surface area contributed by atoms with Crippen molar-refractivity contribution in [2.75, 3.05) is 6.61 Å². The van der Waals surface area contributed by atoms with Crippen LogP contribution in [0.1, 0.15) is 14.5 Å². The van der Waals surface area contributed by atoms with E-state index in [0.717, 1.165) is 11.3 Å². The summed E-state index contributed by atoms with van der Waals surface area (Å²) in [6.45, 7) is -1.35. The zero-order chi connectivity index (χ0) is 12.2. The number of nitrogens with one attached hydrogen (secondary N) is 1. The van der Waals surface area contributed by atoms with Crippen molar-refractivity contribution in [3.05, 3.63) is 21.9 Å². The molecular weight excluding hydrogens is 247 g/mol. The van der Waals surface area contributed by atoms with Crippen LogP contribution in [0.2, 0.25) is 0 Å². The lowest BCUT2D eigenvalue weighted by atomic mass is 10.4. The summed E-state index contributed by atoms with van der Waals surface area (Å²) >= 11 is 0.976. The molecule has 0 fully saturated rings. The van der Waals surface area contributed by atoms with E-state index in [9.17, 15) is 18.0 Å². The van der Waals surface area contributed by atoms with Gasteiger partial charge in [-0.2, -0.15) is 18.7 Å². The highest BCUT2D eigenvalue weighted by Gasteiger charge is 2.27. The number of rotatable bonds is 5. The van der Waals surface area contributed by atoms with E-state index in [0.29, 0.717) is 4.88 Å². The topological polar surface area (TPSA) is 58.6 Å². The van der Waals surface area contributed by atoms with Gasteiger partial charge in [-0.3, -0.25) is 4.84 Å². The van der Waals surface area contributed by atoms with Crippen LogP contribution in [0.5, 0.6) is 0 Å². The molecule has 0 atom stereocenters. The molecule has 2 N–H and O–H groups in total. The van der Waals surface area contributed by atoms with Gasteiger partial charge in [0.05, 0.1) is 6.54 Å². The number of aromatic carboxylic acids is 1. The fourth-order valence-corrected chi connectivity index (χ4v) is 1.62. The van der Waals surface area contributed by atoms with Gasteiger partial charge >= 0.3 is 12.1 Å². The molecule has 0 aliphatic carbocycles. The van der Waals surface area contributed by atoms with E-state index in [4.69, 9.17) is 5.11 Å². The molecule has 1 aromatic rings. The Balaban J connectivity index is 2.30. The molecule has 0 amide bonds. The number of hydrogen-bond acceptors (Lipinski definition) is 4. The van der Waals surface area contributed by atoms with Crippen LogP contribution in [0.25, 0.3) is 0 Å². The zero-order valence-corrected chi connectivity index (χ0v) is 8.69. The molecule has 0 unspecified atom stereocenters. The van der Waals surface area contributed by atoms with E-state index in [1.807, 2.05) is 0 Å². The van der Waals surface area contributed by atoms with Crippen LogP contribution in [0, 0.1) is 0 Å². The van der Waals surface area contributed by atoms with Crippen molar-refractivity contribution in [1.29, 1.82) is 0 Å². The predicted octanol–water partition coefficient (Wildman–Crippen LogP) is 2.03. The first-order valence-electron chi connectivity index (χ1n) is 4.12. The number of carboxylic acids is 1. The number of halogens is 3. The Kier molecular flexibility index (Phi) is 4.27. The van der Waals surface area contributed by atoms with Crippen LogP contribution in [0.3, 0.4) is 0 Å². The van der Waals surface area contributed by atoms with Crippen molar-refractivity contribution in [3.8, 4) is 0 Å². The Morgan fingerprint density at radius 1 is 1.50 bits per heavy atom. The summed E-state index contributed by atoms with van der Waals surface area (Å²) in [5.74, 6) is -1.06. The van der Waals surface area contributed by atoms with Gasteiger partial charge in [0.1, 0.15) is 4.88 Å². The number of hydrogen-bond donors (Lipinski definition) is 2. The lowest BCUT2D eigenvalue weighted by Crippen LogP contribution is -2.24. The average Bonchev–Trinajstić information content (AvgIpc) is 2.59. The van der Waals surface area contributed by atoms with Gasteiger partial charge in [-0.05, 0) is 12.1 Å². The summed E-state index contributed by atoms with van der Waals surface area (Å²) in [6.07, 6.45) is -4.38. The van der Waals surface area contributed by atoms with Crippen LogP contribution in [-0.2, 0) is 11.4 Å².